The van der Waals surface area contributed by atoms with Gasteiger partial charge < -0.3 is 4.74 Å². The van der Waals surface area contributed by atoms with Crippen LogP contribution in [0.25, 0.3) is 5.78 Å². The van der Waals surface area contributed by atoms with E-state index in [9.17, 15) is 22.8 Å². The summed E-state index contributed by atoms with van der Waals surface area (Å²) in [4.78, 5) is 32.1. The number of ether oxygens (including phenoxy) is 1. The molecule has 0 N–H and O–H groups in total. The predicted molar refractivity (Wildman–Crippen MR) is 86.3 cm³/mol. The Morgan fingerprint density at radius 2 is 1.89 bits per heavy atom. The van der Waals surface area contributed by atoms with Gasteiger partial charge in [-0.3, -0.25) is 4.79 Å². The second-order valence-electron chi connectivity index (χ2n) is 5.76. The third-order valence-electron chi connectivity index (χ3n) is 3.65. The van der Waals surface area contributed by atoms with Crippen LogP contribution < -0.4 is 0 Å². The molecule has 0 fully saturated rings. The minimum absolute atomic E-state index is 0.198. The molecule has 2 aromatic heterocycles. The van der Waals surface area contributed by atoms with Crippen molar-refractivity contribution in [2.24, 2.45) is 0 Å². The van der Waals surface area contributed by atoms with Crippen molar-refractivity contribution in [3.05, 3.63) is 58.7 Å². The summed E-state index contributed by atoms with van der Waals surface area (Å²) < 4.78 is 44.3. The molecule has 0 unspecified atom stereocenters. The number of esters is 1. The molecule has 0 aliphatic rings. The molecular formula is C17H13F3N4O3. The van der Waals surface area contributed by atoms with E-state index in [2.05, 4.69) is 15.1 Å². The Labute approximate surface area is 150 Å². The highest BCUT2D eigenvalue weighted by Crippen LogP contribution is 2.29. The number of carbonyl (C=O) groups excluding carboxylic acids is 2. The van der Waals surface area contributed by atoms with Crippen molar-refractivity contribution in [3.63, 3.8) is 0 Å². The number of hydrogen-bond donors (Lipinski definition) is 0. The first kappa shape index (κ1) is 18.5. The van der Waals surface area contributed by atoms with Crippen molar-refractivity contribution in [1.29, 1.82) is 0 Å². The summed E-state index contributed by atoms with van der Waals surface area (Å²) in [5.74, 6) is -1.85. The molecule has 0 saturated heterocycles. The van der Waals surface area contributed by atoms with Gasteiger partial charge in [0.2, 0.25) is 0 Å². The number of nitrogens with zero attached hydrogens (tertiary/aromatic N) is 4. The number of aromatic nitrogens is 4. The number of hydrogen-bond acceptors (Lipinski definition) is 6. The van der Waals surface area contributed by atoms with Crippen LogP contribution in [0.1, 0.15) is 37.9 Å². The lowest BCUT2D eigenvalue weighted by molar-refractivity contribution is -0.137. The number of ketones is 1. The van der Waals surface area contributed by atoms with Gasteiger partial charge in [-0.25, -0.2) is 14.3 Å². The standard InChI is InChI=1S/C17H13F3N4O3/c1-9-6-10(2)24-16(21-9)22-14(23-24)15(26)27-8-13(25)11-4-3-5-12(7-11)17(18,19)20/h3-7H,8H2,1-2H3. The zero-order chi connectivity index (χ0) is 19.8. The summed E-state index contributed by atoms with van der Waals surface area (Å²) in [7, 11) is 0. The van der Waals surface area contributed by atoms with Crippen molar-refractivity contribution in [2.45, 2.75) is 20.0 Å². The first-order valence-corrected chi connectivity index (χ1v) is 7.74. The average molecular weight is 378 g/mol. The molecule has 0 aliphatic heterocycles. The number of fused-ring (bicyclic) bond motifs is 1. The highest BCUT2D eigenvalue weighted by molar-refractivity contribution is 5.99. The second-order valence-corrected chi connectivity index (χ2v) is 5.76. The molecule has 0 spiro atoms. The summed E-state index contributed by atoms with van der Waals surface area (Å²) in [6.07, 6.45) is -4.57. The van der Waals surface area contributed by atoms with Gasteiger partial charge in [0, 0.05) is 17.0 Å². The third kappa shape index (κ3) is 3.94. The van der Waals surface area contributed by atoms with E-state index in [1.165, 1.54) is 10.6 Å². The number of benzene rings is 1. The lowest BCUT2D eigenvalue weighted by atomic mass is 10.1. The topological polar surface area (TPSA) is 86.5 Å². The van der Waals surface area contributed by atoms with Gasteiger partial charge in [-0.1, -0.05) is 12.1 Å². The quantitative estimate of drug-likeness (QED) is 0.513. The van der Waals surface area contributed by atoms with Crippen LogP contribution in [0, 0.1) is 13.8 Å². The molecule has 0 amide bonds. The van der Waals surface area contributed by atoms with Crippen LogP contribution >= 0.6 is 0 Å². The normalized spacial score (nSPS) is 11.6. The Bertz CT molecular complexity index is 1040. The van der Waals surface area contributed by atoms with E-state index in [-0.39, 0.29) is 17.2 Å². The molecule has 10 heteroatoms. The van der Waals surface area contributed by atoms with E-state index in [4.69, 9.17) is 4.74 Å². The smallest absolute Gasteiger partial charge is 0.416 e. The fraction of sp³-hybridized carbons (Fsp3) is 0.235. The summed E-state index contributed by atoms with van der Waals surface area (Å²) in [6.45, 7) is 2.77. The average Bonchev–Trinajstić information content (AvgIpc) is 3.03. The SMILES string of the molecule is Cc1cc(C)n2nc(C(=O)OCC(=O)c3cccc(C(F)(F)F)c3)nc2n1. The van der Waals surface area contributed by atoms with E-state index in [1.54, 1.807) is 19.9 Å². The second kappa shape index (κ2) is 6.78. The summed E-state index contributed by atoms with van der Waals surface area (Å²) in [5, 5.41) is 3.96. The van der Waals surface area contributed by atoms with Crippen molar-refractivity contribution in [1.82, 2.24) is 19.6 Å². The Balaban J connectivity index is 1.72. The van der Waals surface area contributed by atoms with E-state index >= 15 is 0 Å². The van der Waals surface area contributed by atoms with E-state index in [1.807, 2.05) is 0 Å². The van der Waals surface area contributed by atoms with Crippen molar-refractivity contribution in [3.8, 4) is 0 Å². The molecule has 0 bridgehead atoms. The van der Waals surface area contributed by atoms with Crippen molar-refractivity contribution >= 4 is 17.5 Å². The highest BCUT2D eigenvalue weighted by Gasteiger charge is 2.31. The maximum absolute atomic E-state index is 12.7. The maximum Gasteiger partial charge on any atom is 0.416 e. The zero-order valence-corrected chi connectivity index (χ0v) is 14.2. The summed E-state index contributed by atoms with van der Waals surface area (Å²) in [5.41, 5.74) is 0.212. The number of halogens is 3. The van der Waals surface area contributed by atoms with Crippen molar-refractivity contribution < 1.29 is 27.5 Å². The first-order valence-electron chi connectivity index (χ1n) is 7.74. The van der Waals surface area contributed by atoms with Gasteiger partial charge in [-0.2, -0.15) is 18.2 Å². The Morgan fingerprint density at radius 3 is 2.59 bits per heavy atom. The van der Waals surface area contributed by atoms with Crippen LogP contribution in [0.4, 0.5) is 13.2 Å². The highest BCUT2D eigenvalue weighted by atomic mass is 19.4. The molecule has 0 atom stereocenters. The maximum atomic E-state index is 12.7. The Kier molecular flexibility index (Phi) is 4.64. The van der Waals surface area contributed by atoms with Gasteiger partial charge in [0.1, 0.15) is 0 Å². The van der Waals surface area contributed by atoms with E-state index in [0.717, 1.165) is 12.1 Å². The molecule has 3 rings (SSSR count). The van der Waals surface area contributed by atoms with Crippen LogP contribution in [0.15, 0.2) is 30.3 Å². The van der Waals surface area contributed by atoms with Gasteiger partial charge in [-0.05, 0) is 32.0 Å². The molecule has 7 nitrogen and oxygen atoms in total. The monoisotopic (exact) mass is 378 g/mol. The largest absolute Gasteiger partial charge is 0.451 e. The van der Waals surface area contributed by atoms with E-state index in [0.29, 0.717) is 17.5 Å². The lowest BCUT2D eigenvalue weighted by Crippen LogP contribution is -2.16. The lowest BCUT2D eigenvalue weighted by Gasteiger charge is -2.08. The Morgan fingerprint density at radius 1 is 1.15 bits per heavy atom. The van der Waals surface area contributed by atoms with E-state index < -0.39 is 30.1 Å². The van der Waals surface area contributed by atoms with Gasteiger partial charge in [0.25, 0.3) is 11.6 Å². The minimum Gasteiger partial charge on any atom is -0.451 e. The number of rotatable bonds is 4. The fourth-order valence-electron chi connectivity index (χ4n) is 2.40. The van der Waals surface area contributed by atoms with Crippen LogP contribution in [-0.4, -0.2) is 37.9 Å². The van der Waals surface area contributed by atoms with Crippen LogP contribution in [-0.2, 0) is 10.9 Å². The molecule has 2 heterocycles. The number of Topliss-reactive ketones (excluding diaryl/α,β-unsaturated/α-hetero) is 1. The molecule has 1 aromatic carbocycles. The predicted octanol–water partition coefficient (Wildman–Crippen LogP) is 2.80. The number of carbonyl (C=O) groups is 2. The number of aryl methyl sites for hydroxylation is 2. The molecule has 140 valence electrons. The minimum atomic E-state index is -4.57. The molecule has 27 heavy (non-hydrogen) atoms. The van der Waals surface area contributed by atoms with Gasteiger partial charge in [-0.15, -0.1) is 5.10 Å². The first-order chi connectivity index (χ1) is 12.6. The van der Waals surface area contributed by atoms with Gasteiger partial charge in [0.15, 0.2) is 12.4 Å². The number of alkyl halides is 3. The molecule has 3 aromatic rings. The van der Waals surface area contributed by atoms with Crippen molar-refractivity contribution in [2.75, 3.05) is 6.61 Å². The van der Waals surface area contributed by atoms with Gasteiger partial charge >= 0.3 is 12.1 Å². The summed E-state index contributed by atoms with van der Waals surface area (Å²) >= 11 is 0. The molecule has 0 saturated carbocycles. The third-order valence-corrected chi connectivity index (χ3v) is 3.65. The molecular weight excluding hydrogens is 365 g/mol. The Hall–Kier alpha value is -3.30. The fourth-order valence-corrected chi connectivity index (χ4v) is 2.40. The summed E-state index contributed by atoms with van der Waals surface area (Å²) in [6, 6.07) is 5.62. The molecule has 0 radical (unpaired) electrons. The van der Waals surface area contributed by atoms with Crippen LogP contribution in [0.2, 0.25) is 0 Å². The molecule has 0 aliphatic carbocycles. The van der Waals surface area contributed by atoms with Crippen LogP contribution in [0.3, 0.4) is 0 Å². The van der Waals surface area contributed by atoms with Crippen LogP contribution in [0.5, 0.6) is 0 Å². The zero-order valence-electron chi connectivity index (χ0n) is 14.2. The van der Waals surface area contributed by atoms with Gasteiger partial charge in [0.05, 0.1) is 5.56 Å².